The molecule has 4 nitrogen and oxygen atoms in total. The van der Waals surface area contributed by atoms with Crippen molar-refractivity contribution in [2.75, 3.05) is 6.54 Å². The summed E-state index contributed by atoms with van der Waals surface area (Å²) < 4.78 is 1.21. The molecule has 2 heterocycles. The average molecular weight is 303 g/mol. The van der Waals surface area contributed by atoms with Gasteiger partial charge in [-0.25, -0.2) is 4.79 Å². The number of thiophene rings is 1. The molecule has 2 aromatic rings. The second-order valence-electron chi connectivity index (χ2n) is 5.68. The van der Waals surface area contributed by atoms with Crippen LogP contribution in [0.5, 0.6) is 0 Å². The normalized spacial score (nSPS) is 22.4. The van der Waals surface area contributed by atoms with Crippen molar-refractivity contribution in [2.24, 2.45) is 5.92 Å². The van der Waals surface area contributed by atoms with Gasteiger partial charge >= 0.3 is 11.9 Å². The molecule has 0 spiro atoms. The van der Waals surface area contributed by atoms with Crippen molar-refractivity contribution in [2.45, 2.75) is 25.8 Å². The molecular formula is C16H17NO3S. The Morgan fingerprint density at radius 2 is 2.10 bits per heavy atom. The average Bonchev–Trinajstić information content (AvgIpc) is 2.93. The minimum absolute atomic E-state index is 0.130. The van der Waals surface area contributed by atoms with Gasteiger partial charge in [0, 0.05) is 11.2 Å². The van der Waals surface area contributed by atoms with Gasteiger partial charge in [0.15, 0.2) is 0 Å². The van der Waals surface area contributed by atoms with Crippen LogP contribution in [-0.2, 0) is 9.59 Å². The summed E-state index contributed by atoms with van der Waals surface area (Å²) in [5, 5.41) is 12.2. The fourth-order valence-electron chi connectivity index (χ4n) is 3.04. The van der Waals surface area contributed by atoms with Crippen LogP contribution >= 0.6 is 11.3 Å². The topological polar surface area (TPSA) is 57.6 Å². The van der Waals surface area contributed by atoms with Crippen LogP contribution in [0.15, 0.2) is 29.6 Å². The lowest BCUT2D eigenvalue weighted by molar-refractivity contribution is -0.158. The number of nitrogens with zero attached hydrogens (tertiary/aromatic N) is 1. The van der Waals surface area contributed by atoms with Crippen LogP contribution in [-0.4, -0.2) is 28.4 Å². The van der Waals surface area contributed by atoms with Gasteiger partial charge in [0.05, 0.1) is 6.04 Å². The van der Waals surface area contributed by atoms with E-state index in [1.807, 2.05) is 11.4 Å². The van der Waals surface area contributed by atoms with E-state index in [2.05, 4.69) is 25.1 Å². The van der Waals surface area contributed by atoms with Crippen LogP contribution in [0.25, 0.3) is 10.1 Å². The third kappa shape index (κ3) is 2.65. The lowest BCUT2D eigenvalue weighted by Crippen LogP contribution is -2.44. The minimum Gasteiger partial charge on any atom is -0.474 e. The van der Waals surface area contributed by atoms with E-state index >= 15 is 0 Å². The van der Waals surface area contributed by atoms with E-state index < -0.39 is 11.9 Å². The lowest BCUT2D eigenvalue weighted by Gasteiger charge is -2.38. The Bertz CT molecular complexity index is 694. The van der Waals surface area contributed by atoms with Gasteiger partial charge in [-0.1, -0.05) is 13.0 Å². The Balaban J connectivity index is 1.96. The molecule has 21 heavy (non-hydrogen) atoms. The maximum absolute atomic E-state index is 12.0. The molecule has 0 radical (unpaired) electrons. The Labute approximate surface area is 127 Å². The number of hydrogen-bond donors (Lipinski definition) is 1. The zero-order valence-electron chi connectivity index (χ0n) is 11.8. The van der Waals surface area contributed by atoms with Crippen LogP contribution in [0.1, 0.15) is 31.4 Å². The third-order valence-electron chi connectivity index (χ3n) is 4.12. The van der Waals surface area contributed by atoms with Crippen molar-refractivity contribution in [3.8, 4) is 0 Å². The highest BCUT2D eigenvalue weighted by Gasteiger charge is 2.34. The molecule has 1 aromatic heterocycles. The molecule has 1 fully saturated rings. The second-order valence-corrected chi connectivity index (χ2v) is 6.63. The van der Waals surface area contributed by atoms with E-state index in [0.717, 1.165) is 23.8 Å². The smallest absolute Gasteiger partial charge is 0.394 e. The quantitative estimate of drug-likeness (QED) is 0.822. The molecule has 2 atom stereocenters. The van der Waals surface area contributed by atoms with E-state index in [4.69, 9.17) is 5.11 Å². The number of carbonyl (C=O) groups is 2. The Morgan fingerprint density at radius 3 is 2.86 bits per heavy atom. The summed E-state index contributed by atoms with van der Waals surface area (Å²) >= 11 is 1.68. The first-order valence-corrected chi connectivity index (χ1v) is 7.95. The number of amides is 1. The molecule has 1 aliphatic rings. The number of carboxylic acid groups (broad SMARTS) is 1. The van der Waals surface area contributed by atoms with Crippen LogP contribution < -0.4 is 0 Å². The number of carbonyl (C=O) groups excluding carboxylic acids is 1. The molecule has 0 aliphatic carbocycles. The molecule has 1 N–H and O–H groups in total. The molecule has 1 aliphatic heterocycles. The summed E-state index contributed by atoms with van der Waals surface area (Å²) in [5.74, 6) is -1.82. The number of fused-ring (bicyclic) bond motifs is 1. The molecular weight excluding hydrogens is 286 g/mol. The van der Waals surface area contributed by atoms with Gasteiger partial charge in [-0.15, -0.1) is 11.3 Å². The first kappa shape index (κ1) is 14.1. The van der Waals surface area contributed by atoms with Crippen molar-refractivity contribution in [1.29, 1.82) is 0 Å². The van der Waals surface area contributed by atoms with Gasteiger partial charge in [-0.3, -0.25) is 4.79 Å². The van der Waals surface area contributed by atoms with Gasteiger partial charge < -0.3 is 10.0 Å². The first-order chi connectivity index (χ1) is 10.1. The number of benzene rings is 1. The van der Waals surface area contributed by atoms with Gasteiger partial charge in [0.1, 0.15) is 0 Å². The first-order valence-electron chi connectivity index (χ1n) is 7.07. The van der Waals surface area contributed by atoms with Crippen molar-refractivity contribution < 1.29 is 14.7 Å². The van der Waals surface area contributed by atoms with Gasteiger partial charge in [0.2, 0.25) is 0 Å². The maximum atomic E-state index is 12.0. The van der Waals surface area contributed by atoms with Crippen LogP contribution in [0.3, 0.4) is 0 Å². The largest absolute Gasteiger partial charge is 0.474 e. The highest BCUT2D eigenvalue weighted by atomic mass is 32.1. The fraction of sp³-hybridized carbons (Fsp3) is 0.375. The summed E-state index contributed by atoms with van der Waals surface area (Å²) in [5.41, 5.74) is 1.03. The van der Waals surface area contributed by atoms with Gasteiger partial charge in [-0.05, 0) is 53.3 Å². The van der Waals surface area contributed by atoms with E-state index in [9.17, 15) is 9.59 Å². The number of hydrogen-bond acceptors (Lipinski definition) is 3. The molecule has 1 amide bonds. The van der Waals surface area contributed by atoms with Crippen LogP contribution in [0.2, 0.25) is 0 Å². The molecule has 1 saturated heterocycles. The summed E-state index contributed by atoms with van der Waals surface area (Å²) in [6.45, 7) is 2.57. The molecule has 3 rings (SSSR count). The number of aliphatic carboxylic acids is 1. The molecule has 110 valence electrons. The number of likely N-dealkylation sites (tertiary alicyclic amines) is 1. The van der Waals surface area contributed by atoms with Crippen molar-refractivity contribution in [3.63, 3.8) is 0 Å². The molecule has 0 saturated carbocycles. The number of piperidine rings is 1. The molecule has 5 heteroatoms. The van der Waals surface area contributed by atoms with E-state index in [0.29, 0.717) is 12.5 Å². The molecule has 2 unspecified atom stereocenters. The highest BCUT2D eigenvalue weighted by molar-refractivity contribution is 7.17. The summed E-state index contributed by atoms with van der Waals surface area (Å²) in [4.78, 5) is 24.6. The zero-order valence-corrected chi connectivity index (χ0v) is 12.6. The fourth-order valence-corrected chi connectivity index (χ4v) is 3.81. The molecule has 0 bridgehead atoms. The predicted molar refractivity (Wildman–Crippen MR) is 82.3 cm³/mol. The van der Waals surface area contributed by atoms with E-state index in [-0.39, 0.29) is 6.04 Å². The number of carboxylic acids is 1. The highest BCUT2D eigenvalue weighted by Crippen LogP contribution is 2.35. The van der Waals surface area contributed by atoms with Gasteiger partial charge in [0.25, 0.3) is 0 Å². The Morgan fingerprint density at radius 1 is 1.29 bits per heavy atom. The summed E-state index contributed by atoms with van der Waals surface area (Å²) in [7, 11) is 0. The summed E-state index contributed by atoms with van der Waals surface area (Å²) in [6, 6.07) is 8.07. The van der Waals surface area contributed by atoms with E-state index in [1.165, 1.54) is 9.60 Å². The Hall–Kier alpha value is -1.88. The second kappa shape index (κ2) is 5.48. The minimum atomic E-state index is -1.37. The predicted octanol–water partition coefficient (Wildman–Crippen LogP) is 3.29. The van der Waals surface area contributed by atoms with Crippen LogP contribution in [0, 0.1) is 5.92 Å². The van der Waals surface area contributed by atoms with Crippen molar-refractivity contribution >= 4 is 33.3 Å². The molecule has 1 aromatic carbocycles. The van der Waals surface area contributed by atoms with Crippen molar-refractivity contribution in [1.82, 2.24) is 4.90 Å². The maximum Gasteiger partial charge on any atom is 0.394 e. The lowest BCUT2D eigenvalue weighted by atomic mass is 9.89. The van der Waals surface area contributed by atoms with E-state index in [1.54, 1.807) is 11.3 Å². The summed E-state index contributed by atoms with van der Waals surface area (Å²) in [6.07, 6.45) is 1.82. The zero-order chi connectivity index (χ0) is 15.0. The third-order valence-corrected chi connectivity index (χ3v) is 5.02. The monoisotopic (exact) mass is 303 g/mol. The number of rotatable bonds is 1. The standard InChI is InChI=1S/C16H17NO3S/c1-10-2-4-13(17(9-10)15(18)16(19)20)11-3-5-14-12(8-11)6-7-21-14/h3,5-8,10,13H,2,4,9H2,1H3,(H,19,20). The van der Waals surface area contributed by atoms with Crippen molar-refractivity contribution in [3.05, 3.63) is 35.2 Å². The van der Waals surface area contributed by atoms with Gasteiger partial charge in [-0.2, -0.15) is 0 Å². The van der Waals surface area contributed by atoms with Crippen LogP contribution in [0.4, 0.5) is 0 Å². The SMILES string of the molecule is CC1CCC(c2ccc3sccc3c2)N(C(=O)C(=O)O)C1. The Kier molecular flexibility index (Phi) is 3.68.